The summed E-state index contributed by atoms with van der Waals surface area (Å²) in [5.74, 6) is -0.213. The Hall–Kier alpha value is -2.69. The Morgan fingerprint density at radius 3 is 2.36 bits per heavy atom. The minimum atomic E-state index is -0.213. The van der Waals surface area contributed by atoms with Crippen LogP contribution in [-0.4, -0.2) is 20.5 Å². The molecule has 2 heterocycles. The van der Waals surface area contributed by atoms with Gasteiger partial charge < -0.3 is 5.32 Å². The number of rotatable bonds is 2. The third-order valence-electron chi connectivity index (χ3n) is 3.44. The summed E-state index contributed by atoms with van der Waals surface area (Å²) in [4.78, 5) is 16.8. The fourth-order valence-corrected chi connectivity index (χ4v) is 2.60. The summed E-state index contributed by atoms with van der Waals surface area (Å²) in [5.41, 5.74) is 5.84. The monoisotopic (exact) mass is 294 g/mol. The zero-order valence-corrected chi connectivity index (χ0v) is 13.1. The molecule has 3 rings (SSSR count). The number of anilines is 1. The van der Waals surface area contributed by atoms with Crippen LogP contribution >= 0.6 is 0 Å². The molecule has 22 heavy (non-hydrogen) atoms. The van der Waals surface area contributed by atoms with Crippen LogP contribution in [0.4, 0.5) is 5.69 Å². The maximum absolute atomic E-state index is 12.4. The molecule has 0 fully saturated rings. The van der Waals surface area contributed by atoms with E-state index in [1.54, 1.807) is 10.6 Å². The van der Waals surface area contributed by atoms with Crippen molar-refractivity contribution in [3.63, 3.8) is 0 Å². The number of aromatic nitrogens is 3. The van der Waals surface area contributed by atoms with Gasteiger partial charge in [0, 0.05) is 17.4 Å². The Bertz CT molecular complexity index is 859. The molecule has 0 saturated carbocycles. The first-order valence-corrected chi connectivity index (χ1v) is 7.16. The maximum Gasteiger partial charge on any atom is 0.274 e. The number of nitrogens with one attached hydrogen (secondary N) is 1. The molecule has 0 atom stereocenters. The van der Waals surface area contributed by atoms with Crippen molar-refractivity contribution in [1.29, 1.82) is 0 Å². The van der Waals surface area contributed by atoms with Crippen LogP contribution in [-0.2, 0) is 0 Å². The number of hydrogen-bond donors (Lipinski definition) is 1. The van der Waals surface area contributed by atoms with Crippen LogP contribution in [0.25, 0.3) is 5.65 Å². The molecular formula is C17H18N4O. The minimum absolute atomic E-state index is 0.213. The van der Waals surface area contributed by atoms with Crippen molar-refractivity contribution in [3.8, 4) is 0 Å². The molecule has 0 aliphatic heterocycles. The SMILES string of the molecule is Cc1cc(C)cc(NC(=O)c2cc(C)n3nc(C)cc3n2)c1. The Morgan fingerprint density at radius 1 is 1.00 bits per heavy atom. The van der Waals surface area contributed by atoms with Crippen LogP contribution in [0.5, 0.6) is 0 Å². The van der Waals surface area contributed by atoms with Gasteiger partial charge in [-0.3, -0.25) is 4.79 Å². The fourth-order valence-electron chi connectivity index (χ4n) is 2.60. The van der Waals surface area contributed by atoms with Crippen molar-refractivity contribution in [2.45, 2.75) is 27.7 Å². The summed E-state index contributed by atoms with van der Waals surface area (Å²) in [6, 6.07) is 9.57. The predicted molar refractivity (Wildman–Crippen MR) is 86.3 cm³/mol. The van der Waals surface area contributed by atoms with E-state index in [1.807, 2.05) is 45.9 Å². The minimum Gasteiger partial charge on any atom is -0.321 e. The number of amides is 1. The van der Waals surface area contributed by atoms with Crippen LogP contribution in [0.15, 0.2) is 30.3 Å². The molecular weight excluding hydrogens is 276 g/mol. The van der Waals surface area contributed by atoms with Gasteiger partial charge in [-0.15, -0.1) is 0 Å². The van der Waals surface area contributed by atoms with E-state index >= 15 is 0 Å². The van der Waals surface area contributed by atoms with Crippen LogP contribution in [0.1, 0.15) is 33.0 Å². The Kier molecular flexibility index (Phi) is 3.41. The van der Waals surface area contributed by atoms with E-state index in [2.05, 4.69) is 21.5 Å². The van der Waals surface area contributed by atoms with Crippen molar-refractivity contribution in [1.82, 2.24) is 14.6 Å². The molecule has 112 valence electrons. The largest absolute Gasteiger partial charge is 0.321 e. The van der Waals surface area contributed by atoms with Crippen molar-refractivity contribution >= 4 is 17.2 Å². The lowest BCUT2D eigenvalue weighted by molar-refractivity contribution is 0.102. The second kappa shape index (κ2) is 5.26. The smallest absolute Gasteiger partial charge is 0.274 e. The molecule has 1 amide bonds. The van der Waals surface area contributed by atoms with E-state index in [-0.39, 0.29) is 5.91 Å². The first-order chi connectivity index (χ1) is 10.4. The van der Waals surface area contributed by atoms with E-state index in [0.29, 0.717) is 11.3 Å². The van der Waals surface area contributed by atoms with Gasteiger partial charge in [0.2, 0.25) is 0 Å². The standard InChI is InChI=1S/C17H18N4O/c1-10-5-11(2)7-14(6-10)18-17(22)15-9-13(4)21-16(19-15)8-12(3)20-21/h5-9H,1-4H3,(H,18,22). The van der Waals surface area contributed by atoms with Gasteiger partial charge in [0.25, 0.3) is 5.91 Å². The summed E-state index contributed by atoms with van der Waals surface area (Å²) in [6.45, 7) is 7.83. The summed E-state index contributed by atoms with van der Waals surface area (Å²) >= 11 is 0. The highest BCUT2D eigenvalue weighted by molar-refractivity contribution is 6.03. The van der Waals surface area contributed by atoms with Gasteiger partial charge in [-0.2, -0.15) is 5.10 Å². The second-order valence-corrected chi connectivity index (χ2v) is 5.67. The first-order valence-electron chi connectivity index (χ1n) is 7.16. The number of benzene rings is 1. The molecule has 0 bridgehead atoms. The van der Waals surface area contributed by atoms with Crippen molar-refractivity contribution in [2.75, 3.05) is 5.32 Å². The Morgan fingerprint density at radius 2 is 1.68 bits per heavy atom. The highest BCUT2D eigenvalue weighted by Gasteiger charge is 2.12. The van der Waals surface area contributed by atoms with Gasteiger partial charge in [-0.1, -0.05) is 6.07 Å². The lowest BCUT2D eigenvalue weighted by Crippen LogP contribution is -2.15. The summed E-state index contributed by atoms with van der Waals surface area (Å²) < 4.78 is 1.74. The number of carbonyl (C=O) groups excluding carboxylic acids is 1. The topological polar surface area (TPSA) is 59.3 Å². The van der Waals surface area contributed by atoms with Gasteiger partial charge in [0.05, 0.1) is 5.69 Å². The van der Waals surface area contributed by atoms with Crippen LogP contribution < -0.4 is 5.32 Å². The number of aryl methyl sites for hydroxylation is 4. The predicted octanol–water partition coefficient (Wildman–Crippen LogP) is 3.22. The van der Waals surface area contributed by atoms with Crippen molar-refractivity contribution in [3.05, 3.63) is 58.5 Å². The maximum atomic E-state index is 12.4. The zero-order valence-electron chi connectivity index (χ0n) is 13.1. The number of fused-ring (bicyclic) bond motifs is 1. The molecule has 5 nitrogen and oxygen atoms in total. The van der Waals surface area contributed by atoms with Crippen molar-refractivity contribution in [2.24, 2.45) is 0 Å². The molecule has 1 N–H and O–H groups in total. The molecule has 2 aromatic heterocycles. The molecule has 0 radical (unpaired) electrons. The first kappa shape index (κ1) is 14.3. The second-order valence-electron chi connectivity index (χ2n) is 5.67. The molecule has 0 aliphatic carbocycles. The number of hydrogen-bond acceptors (Lipinski definition) is 3. The average molecular weight is 294 g/mol. The number of nitrogens with zero attached hydrogens (tertiary/aromatic N) is 3. The van der Waals surface area contributed by atoms with Gasteiger partial charge in [0.15, 0.2) is 5.65 Å². The lowest BCUT2D eigenvalue weighted by Gasteiger charge is -2.08. The van der Waals surface area contributed by atoms with Crippen molar-refractivity contribution < 1.29 is 4.79 Å². The Balaban J connectivity index is 1.94. The van der Waals surface area contributed by atoms with Crippen LogP contribution in [0.2, 0.25) is 0 Å². The fraction of sp³-hybridized carbons (Fsp3) is 0.235. The zero-order chi connectivity index (χ0) is 15.9. The number of carbonyl (C=O) groups is 1. The van der Waals surface area contributed by atoms with Gasteiger partial charge >= 0.3 is 0 Å². The molecule has 0 spiro atoms. The van der Waals surface area contributed by atoms with Gasteiger partial charge in [0.1, 0.15) is 5.69 Å². The van der Waals surface area contributed by atoms with E-state index in [1.165, 1.54) is 0 Å². The third kappa shape index (κ3) is 2.70. The van der Waals surface area contributed by atoms with E-state index < -0.39 is 0 Å². The summed E-state index contributed by atoms with van der Waals surface area (Å²) in [6.07, 6.45) is 0. The molecule has 0 aliphatic rings. The normalized spacial score (nSPS) is 10.9. The third-order valence-corrected chi connectivity index (χ3v) is 3.44. The molecule has 0 unspecified atom stereocenters. The molecule has 1 aromatic carbocycles. The van der Waals surface area contributed by atoms with E-state index in [4.69, 9.17) is 0 Å². The van der Waals surface area contributed by atoms with Gasteiger partial charge in [-0.25, -0.2) is 9.50 Å². The molecule has 5 heteroatoms. The summed E-state index contributed by atoms with van der Waals surface area (Å²) in [5, 5.41) is 7.25. The van der Waals surface area contributed by atoms with Crippen LogP contribution in [0.3, 0.4) is 0 Å². The molecule has 3 aromatic rings. The lowest BCUT2D eigenvalue weighted by atomic mass is 10.1. The Labute approximate surface area is 129 Å². The highest BCUT2D eigenvalue weighted by atomic mass is 16.1. The average Bonchev–Trinajstić information content (AvgIpc) is 2.78. The van der Waals surface area contributed by atoms with Crippen LogP contribution in [0, 0.1) is 27.7 Å². The molecule has 0 saturated heterocycles. The van der Waals surface area contributed by atoms with Gasteiger partial charge in [-0.05, 0) is 57.0 Å². The van der Waals surface area contributed by atoms with E-state index in [9.17, 15) is 4.79 Å². The highest BCUT2D eigenvalue weighted by Crippen LogP contribution is 2.15. The quantitative estimate of drug-likeness (QED) is 0.789. The van der Waals surface area contributed by atoms with E-state index in [0.717, 1.165) is 28.2 Å². The summed E-state index contributed by atoms with van der Waals surface area (Å²) in [7, 11) is 0.